The highest BCUT2D eigenvalue weighted by Gasteiger charge is 2.31. The number of carbonyl (C=O) groups is 2. The molecule has 0 saturated carbocycles. The Morgan fingerprint density at radius 3 is 3.00 bits per heavy atom. The molecule has 3 N–H and O–H groups in total. The quantitative estimate of drug-likeness (QED) is 0.614. The fraction of sp³-hybridized carbons (Fsp3) is 0.273. The van der Waals surface area contributed by atoms with Gasteiger partial charge in [0, 0.05) is 36.3 Å². The number of thiazole rings is 1. The van der Waals surface area contributed by atoms with E-state index in [0.29, 0.717) is 28.7 Å². The summed E-state index contributed by atoms with van der Waals surface area (Å²) in [6, 6.07) is 7.42. The second-order valence-electron chi connectivity index (χ2n) is 7.77. The minimum absolute atomic E-state index is 0.120. The van der Waals surface area contributed by atoms with Crippen molar-refractivity contribution in [2.45, 2.75) is 19.0 Å². The molecule has 164 valence electrons. The second-order valence-corrected chi connectivity index (χ2v) is 8.61. The predicted octanol–water partition coefficient (Wildman–Crippen LogP) is 2.50. The van der Waals surface area contributed by atoms with Crippen LogP contribution in [-0.4, -0.2) is 48.0 Å². The first-order valence-corrected chi connectivity index (χ1v) is 11.1. The Hall–Kier alpha value is -3.50. The lowest BCUT2D eigenvalue weighted by molar-refractivity contribution is 0.0991. The number of hydrogen-bond donors (Lipinski definition) is 2. The normalized spacial score (nSPS) is 17.6. The van der Waals surface area contributed by atoms with Gasteiger partial charge in [0.25, 0.3) is 11.8 Å². The number of amides is 2. The minimum Gasteiger partial charge on any atom is -0.497 e. The van der Waals surface area contributed by atoms with Crippen molar-refractivity contribution in [2.75, 3.05) is 35.3 Å². The largest absolute Gasteiger partial charge is 0.497 e. The number of fused-ring (bicyclic) bond motifs is 1. The van der Waals surface area contributed by atoms with Crippen molar-refractivity contribution in [3.8, 4) is 5.75 Å². The Labute approximate surface area is 188 Å². The summed E-state index contributed by atoms with van der Waals surface area (Å²) in [5.74, 6) is 0.126. The van der Waals surface area contributed by atoms with Gasteiger partial charge in [-0.2, -0.15) is 0 Å². The number of rotatable bonds is 5. The van der Waals surface area contributed by atoms with Crippen molar-refractivity contribution in [3.05, 3.63) is 58.9 Å². The Bertz CT molecular complexity index is 1200. The van der Waals surface area contributed by atoms with Crippen molar-refractivity contribution in [1.82, 2.24) is 9.97 Å². The number of pyridine rings is 1. The van der Waals surface area contributed by atoms with Gasteiger partial charge < -0.3 is 20.7 Å². The Balaban J connectivity index is 1.33. The third kappa shape index (κ3) is 3.67. The van der Waals surface area contributed by atoms with Gasteiger partial charge in [0.1, 0.15) is 11.4 Å². The highest BCUT2D eigenvalue weighted by molar-refractivity contribution is 7.14. The molecular weight excluding hydrogens is 428 g/mol. The fourth-order valence-electron chi connectivity index (χ4n) is 4.01. The van der Waals surface area contributed by atoms with Gasteiger partial charge in [0.05, 0.1) is 31.2 Å². The van der Waals surface area contributed by atoms with Crippen LogP contribution in [0.4, 0.5) is 16.5 Å². The molecule has 2 aliphatic rings. The lowest BCUT2D eigenvalue weighted by atomic mass is 10.1. The Morgan fingerprint density at radius 1 is 1.34 bits per heavy atom. The van der Waals surface area contributed by atoms with E-state index < -0.39 is 0 Å². The lowest BCUT2D eigenvalue weighted by Gasteiger charge is -2.21. The van der Waals surface area contributed by atoms with Gasteiger partial charge in [-0.3, -0.25) is 19.5 Å². The highest BCUT2D eigenvalue weighted by atomic mass is 32.1. The van der Waals surface area contributed by atoms with E-state index in [4.69, 9.17) is 10.5 Å². The molecule has 32 heavy (non-hydrogen) atoms. The first-order chi connectivity index (χ1) is 15.5. The summed E-state index contributed by atoms with van der Waals surface area (Å²) >= 11 is 1.26. The van der Waals surface area contributed by atoms with Gasteiger partial charge in [-0.05, 0) is 30.2 Å². The average Bonchev–Trinajstić information content (AvgIpc) is 3.53. The summed E-state index contributed by atoms with van der Waals surface area (Å²) in [6.45, 7) is 1.97. The molecule has 1 atom stereocenters. The zero-order valence-corrected chi connectivity index (χ0v) is 18.3. The van der Waals surface area contributed by atoms with Crippen molar-refractivity contribution < 1.29 is 14.3 Å². The van der Waals surface area contributed by atoms with Crippen LogP contribution in [0.15, 0.2) is 42.0 Å². The van der Waals surface area contributed by atoms with Crippen LogP contribution in [0.2, 0.25) is 0 Å². The first-order valence-electron chi connectivity index (χ1n) is 10.2. The summed E-state index contributed by atoms with van der Waals surface area (Å²) < 4.78 is 5.22. The molecule has 0 unspecified atom stereocenters. The fourth-order valence-corrected chi connectivity index (χ4v) is 4.81. The van der Waals surface area contributed by atoms with Gasteiger partial charge in [0.2, 0.25) is 0 Å². The minimum atomic E-state index is -0.351. The molecule has 5 rings (SSSR count). The maximum atomic E-state index is 12.9. The summed E-state index contributed by atoms with van der Waals surface area (Å²) in [7, 11) is 1.57. The van der Waals surface area contributed by atoms with Crippen molar-refractivity contribution in [1.29, 1.82) is 0 Å². The van der Waals surface area contributed by atoms with Crippen molar-refractivity contribution >= 4 is 39.7 Å². The standard InChI is InChI=1S/C22H22N6O3S/c1-31-15-3-2-13-10-28(21(30)16(13)8-15)22-26-18(12-32-22)20(29)25-17-9-24-6-4-19(17)27-7-5-14(23)11-27/h2-4,6,8-9,12,14H,5,7,10-11,23H2,1H3,(H,25,29)/t14-/m0/s1. The van der Waals surface area contributed by atoms with E-state index >= 15 is 0 Å². The Kier molecular flexibility index (Phi) is 5.24. The molecule has 1 fully saturated rings. The smallest absolute Gasteiger partial charge is 0.275 e. The molecule has 3 aromatic rings. The first kappa shape index (κ1) is 20.4. The number of benzene rings is 1. The van der Waals surface area contributed by atoms with Crippen LogP contribution in [0.3, 0.4) is 0 Å². The van der Waals surface area contributed by atoms with Crippen LogP contribution >= 0.6 is 11.3 Å². The molecule has 4 heterocycles. The van der Waals surface area contributed by atoms with E-state index in [0.717, 1.165) is 30.8 Å². The van der Waals surface area contributed by atoms with Crippen LogP contribution < -0.4 is 25.6 Å². The highest BCUT2D eigenvalue weighted by Crippen LogP contribution is 2.33. The van der Waals surface area contributed by atoms with Gasteiger partial charge >= 0.3 is 0 Å². The SMILES string of the molecule is COc1ccc2c(c1)C(=O)N(c1nc(C(=O)Nc3cnccc3N3CC[C@H](N)C3)cs1)C2. The van der Waals surface area contributed by atoms with Crippen LogP contribution in [0, 0.1) is 0 Å². The summed E-state index contributed by atoms with van der Waals surface area (Å²) in [6.07, 6.45) is 4.23. The van der Waals surface area contributed by atoms with E-state index in [1.165, 1.54) is 11.3 Å². The van der Waals surface area contributed by atoms with Crippen LogP contribution in [0.25, 0.3) is 0 Å². The third-order valence-electron chi connectivity index (χ3n) is 5.69. The predicted molar refractivity (Wildman–Crippen MR) is 123 cm³/mol. The van der Waals surface area contributed by atoms with Gasteiger partial charge in [-0.15, -0.1) is 11.3 Å². The zero-order chi connectivity index (χ0) is 22.2. The van der Waals surface area contributed by atoms with Crippen LogP contribution in [0.5, 0.6) is 5.75 Å². The van der Waals surface area contributed by atoms with E-state index in [-0.39, 0.29) is 23.6 Å². The average molecular weight is 451 g/mol. The number of methoxy groups -OCH3 is 1. The number of ether oxygens (including phenoxy) is 1. The molecule has 0 aliphatic carbocycles. The van der Waals surface area contributed by atoms with Crippen molar-refractivity contribution in [3.63, 3.8) is 0 Å². The zero-order valence-electron chi connectivity index (χ0n) is 17.4. The molecule has 0 radical (unpaired) electrons. The van der Waals surface area contributed by atoms with E-state index in [1.807, 2.05) is 18.2 Å². The number of nitrogens with zero attached hydrogens (tertiary/aromatic N) is 4. The number of anilines is 3. The van der Waals surface area contributed by atoms with E-state index in [2.05, 4.69) is 20.2 Å². The van der Waals surface area contributed by atoms with Crippen LogP contribution in [0.1, 0.15) is 32.8 Å². The molecule has 10 heteroatoms. The number of carbonyl (C=O) groups excluding carboxylic acids is 2. The third-order valence-corrected chi connectivity index (χ3v) is 6.55. The number of hydrogen-bond acceptors (Lipinski definition) is 8. The molecule has 0 bridgehead atoms. The van der Waals surface area contributed by atoms with Gasteiger partial charge in [-0.25, -0.2) is 4.98 Å². The van der Waals surface area contributed by atoms with Crippen LogP contribution in [-0.2, 0) is 6.54 Å². The van der Waals surface area contributed by atoms with Crippen molar-refractivity contribution in [2.24, 2.45) is 5.73 Å². The maximum absolute atomic E-state index is 12.9. The second kappa shape index (κ2) is 8.21. The molecular formula is C22H22N6O3S. The van der Waals surface area contributed by atoms with Gasteiger partial charge in [-0.1, -0.05) is 6.07 Å². The Morgan fingerprint density at radius 2 is 2.22 bits per heavy atom. The molecule has 1 aromatic carbocycles. The monoisotopic (exact) mass is 450 g/mol. The molecule has 2 amide bonds. The molecule has 2 aromatic heterocycles. The number of aromatic nitrogens is 2. The van der Waals surface area contributed by atoms with E-state index in [1.54, 1.807) is 35.8 Å². The summed E-state index contributed by atoms with van der Waals surface area (Å²) in [5.41, 5.74) is 9.27. The summed E-state index contributed by atoms with van der Waals surface area (Å²) in [4.78, 5) is 38.1. The molecule has 2 aliphatic heterocycles. The number of nitrogens with two attached hydrogens (primary N) is 1. The number of nitrogens with one attached hydrogen (secondary N) is 1. The maximum Gasteiger partial charge on any atom is 0.275 e. The topological polar surface area (TPSA) is 114 Å². The van der Waals surface area contributed by atoms with Gasteiger partial charge in [0.15, 0.2) is 5.13 Å². The molecule has 1 saturated heterocycles. The molecule has 9 nitrogen and oxygen atoms in total. The lowest BCUT2D eigenvalue weighted by Crippen LogP contribution is -2.27. The molecule has 0 spiro atoms. The van der Waals surface area contributed by atoms with E-state index in [9.17, 15) is 9.59 Å². The summed E-state index contributed by atoms with van der Waals surface area (Å²) in [5, 5.41) is 5.04.